The van der Waals surface area contributed by atoms with Gasteiger partial charge in [0.05, 0.1) is 11.6 Å². The molecule has 1 aromatic carbocycles. The van der Waals surface area contributed by atoms with Gasteiger partial charge < -0.3 is 4.74 Å². The molecule has 1 atom stereocenters. The Bertz CT molecular complexity index is 745. The monoisotopic (exact) mass is 334 g/mol. The average molecular weight is 334 g/mol. The van der Waals surface area contributed by atoms with Crippen LogP contribution in [0.1, 0.15) is 37.7 Å². The van der Waals surface area contributed by atoms with Crippen molar-refractivity contribution < 1.29 is 4.74 Å². The predicted octanol–water partition coefficient (Wildman–Crippen LogP) is 3.41. The van der Waals surface area contributed by atoms with Crippen LogP contribution in [0.3, 0.4) is 0 Å². The van der Waals surface area contributed by atoms with Gasteiger partial charge in [-0.2, -0.15) is 5.26 Å². The SMILES string of the molecule is N#Cc1ccc(-c2cnc(OC3CCN(C4CCCC4)C3)nc2)cc1. The number of hydrogen-bond donors (Lipinski definition) is 0. The smallest absolute Gasteiger partial charge is 0.316 e. The summed E-state index contributed by atoms with van der Waals surface area (Å²) in [5, 5.41) is 8.86. The highest BCUT2D eigenvalue weighted by molar-refractivity contribution is 5.62. The quantitative estimate of drug-likeness (QED) is 0.857. The van der Waals surface area contributed by atoms with Gasteiger partial charge in [-0.15, -0.1) is 0 Å². The van der Waals surface area contributed by atoms with Crippen LogP contribution < -0.4 is 4.74 Å². The van der Waals surface area contributed by atoms with Crippen molar-refractivity contribution in [2.75, 3.05) is 13.1 Å². The highest BCUT2D eigenvalue weighted by atomic mass is 16.5. The van der Waals surface area contributed by atoms with Gasteiger partial charge >= 0.3 is 6.01 Å². The fourth-order valence-electron chi connectivity index (χ4n) is 3.86. The summed E-state index contributed by atoms with van der Waals surface area (Å²) in [6.07, 6.45) is 10.2. The summed E-state index contributed by atoms with van der Waals surface area (Å²) < 4.78 is 5.99. The Kier molecular flexibility index (Phi) is 4.62. The third-order valence-corrected chi connectivity index (χ3v) is 5.27. The van der Waals surface area contributed by atoms with Crippen LogP contribution in [0.15, 0.2) is 36.7 Å². The van der Waals surface area contributed by atoms with Crippen LogP contribution in [0, 0.1) is 11.3 Å². The summed E-state index contributed by atoms with van der Waals surface area (Å²) in [4.78, 5) is 11.3. The van der Waals surface area contributed by atoms with Crippen molar-refractivity contribution in [3.05, 3.63) is 42.2 Å². The highest BCUT2D eigenvalue weighted by Crippen LogP contribution is 2.27. The van der Waals surface area contributed by atoms with Crippen molar-refractivity contribution in [2.45, 2.75) is 44.2 Å². The number of rotatable bonds is 4. The second-order valence-corrected chi connectivity index (χ2v) is 6.91. The molecular weight excluding hydrogens is 312 g/mol. The second-order valence-electron chi connectivity index (χ2n) is 6.91. The Morgan fingerprint density at radius 1 is 1.00 bits per heavy atom. The van der Waals surface area contributed by atoms with Crippen LogP contribution in [-0.4, -0.2) is 40.1 Å². The van der Waals surface area contributed by atoms with Gasteiger partial charge in [0.1, 0.15) is 6.10 Å². The van der Waals surface area contributed by atoms with E-state index in [-0.39, 0.29) is 6.10 Å². The summed E-state index contributed by atoms with van der Waals surface area (Å²) in [7, 11) is 0. The third kappa shape index (κ3) is 3.64. The summed E-state index contributed by atoms with van der Waals surface area (Å²) in [5.74, 6) is 0. The summed E-state index contributed by atoms with van der Waals surface area (Å²) in [6.45, 7) is 2.12. The minimum Gasteiger partial charge on any atom is -0.459 e. The van der Waals surface area contributed by atoms with Gasteiger partial charge in [-0.05, 0) is 37.0 Å². The Labute approximate surface area is 148 Å². The summed E-state index contributed by atoms with van der Waals surface area (Å²) in [5.41, 5.74) is 2.58. The van der Waals surface area contributed by atoms with E-state index in [0.717, 1.165) is 36.7 Å². The Hall–Kier alpha value is -2.45. The Balaban J connectivity index is 1.36. The lowest BCUT2D eigenvalue weighted by Crippen LogP contribution is -2.33. The predicted molar refractivity (Wildman–Crippen MR) is 95.0 cm³/mol. The van der Waals surface area contributed by atoms with E-state index in [1.807, 2.05) is 12.1 Å². The fourth-order valence-corrected chi connectivity index (χ4v) is 3.86. The molecule has 1 aliphatic carbocycles. The molecule has 1 aromatic heterocycles. The number of nitriles is 1. The first kappa shape index (κ1) is 16.0. The van der Waals surface area contributed by atoms with E-state index >= 15 is 0 Å². The van der Waals surface area contributed by atoms with E-state index < -0.39 is 0 Å². The molecule has 0 bridgehead atoms. The van der Waals surface area contributed by atoms with Crippen LogP contribution >= 0.6 is 0 Å². The lowest BCUT2D eigenvalue weighted by atomic mass is 10.1. The van der Waals surface area contributed by atoms with E-state index in [2.05, 4.69) is 20.9 Å². The maximum atomic E-state index is 8.86. The van der Waals surface area contributed by atoms with Gasteiger partial charge in [0.15, 0.2) is 0 Å². The van der Waals surface area contributed by atoms with Crippen molar-refractivity contribution in [3.63, 3.8) is 0 Å². The number of likely N-dealkylation sites (tertiary alicyclic amines) is 1. The molecule has 1 aliphatic heterocycles. The standard InChI is InChI=1S/C20H22N4O/c21-11-15-5-7-16(8-6-15)17-12-22-20(23-13-17)25-19-9-10-24(14-19)18-3-1-2-4-18/h5-8,12-13,18-19H,1-4,9-10,14H2. The number of hydrogen-bond acceptors (Lipinski definition) is 5. The molecule has 1 saturated heterocycles. The number of nitrogens with zero attached hydrogens (tertiary/aromatic N) is 4. The normalized spacial score (nSPS) is 21.3. The van der Waals surface area contributed by atoms with Gasteiger partial charge in [-0.3, -0.25) is 4.90 Å². The van der Waals surface area contributed by atoms with Crippen LogP contribution in [0.2, 0.25) is 0 Å². The van der Waals surface area contributed by atoms with Crippen molar-refractivity contribution in [3.8, 4) is 23.2 Å². The van der Waals surface area contributed by atoms with Crippen molar-refractivity contribution in [1.29, 1.82) is 5.26 Å². The molecule has 1 unspecified atom stereocenters. The fraction of sp³-hybridized carbons (Fsp3) is 0.450. The molecule has 25 heavy (non-hydrogen) atoms. The number of aromatic nitrogens is 2. The maximum absolute atomic E-state index is 8.86. The molecule has 0 amide bonds. The average Bonchev–Trinajstić information content (AvgIpc) is 3.34. The van der Waals surface area contributed by atoms with E-state index in [0.29, 0.717) is 11.6 Å². The Morgan fingerprint density at radius 3 is 2.40 bits per heavy atom. The zero-order valence-corrected chi connectivity index (χ0v) is 14.3. The van der Waals surface area contributed by atoms with Crippen molar-refractivity contribution in [2.24, 2.45) is 0 Å². The van der Waals surface area contributed by atoms with Crippen LogP contribution in [0.5, 0.6) is 6.01 Å². The second kappa shape index (κ2) is 7.20. The Morgan fingerprint density at radius 2 is 1.72 bits per heavy atom. The summed E-state index contributed by atoms with van der Waals surface area (Å²) >= 11 is 0. The lowest BCUT2D eigenvalue weighted by Gasteiger charge is -2.23. The number of ether oxygens (including phenoxy) is 1. The number of benzene rings is 1. The molecule has 0 radical (unpaired) electrons. The molecule has 2 aromatic rings. The largest absolute Gasteiger partial charge is 0.459 e. The van der Waals surface area contributed by atoms with Gasteiger partial charge in [-0.1, -0.05) is 25.0 Å². The topological polar surface area (TPSA) is 62.0 Å². The zero-order chi connectivity index (χ0) is 17.1. The first-order valence-corrected chi connectivity index (χ1v) is 9.05. The van der Waals surface area contributed by atoms with E-state index in [1.54, 1.807) is 24.5 Å². The molecule has 0 N–H and O–H groups in total. The molecule has 2 heterocycles. The molecule has 2 aliphatic rings. The van der Waals surface area contributed by atoms with Gasteiger partial charge in [0, 0.05) is 37.1 Å². The van der Waals surface area contributed by atoms with Crippen molar-refractivity contribution >= 4 is 0 Å². The van der Waals surface area contributed by atoms with E-state index in [4.69, 9.17) is 10.00 Å². The molecule has 4 rings (SSSR count). The first-order chi connectivity index (χ1) is 12.3. The third-order valence-electron chi connectivity index (χ3n) is 5.27. The zero-order valence-electron chi connectivity index (χ0n) is 14.3. The summed E-state index contributed by atoms with van der Waals surface area (Å²) in [6, 6.07) is 10.8. The maximum Gasteiger partial charge on any atom is 0.316 e. The van der Waals surface area contributed by atoms with Gasteiger partial charge in [-0.25, -0.2) is 9.97 Å². The van der Waals surface area contributed by atoms with E-state index in [9.17, 15) is 0 Å². The molecule has 0 spiro atoms. The van der Waals surface area contributed by atoms with E-state index in [1.165, 1.54) is 25.7 Å². The molecule has 5 heteroatoms. The lowest BCUT2D eigenvalue weighted by molar-refractivity contribution is 0.167. The molecule has 2 fully saturated rings. The minimum atomic E-state index is 0.196. The first-order valence-electron chi connectivity index (χ1n) is 9.05. The van der Waals surface area contributed by atoms with Gasteiger partial charge in [0.2, 0.25) is 0 Å². The molecule has 1 saturated carbocycles. The molecule has 5 nitrogen and oxygen atoms in total. The van der Waals surface area contributed by atoms with Crippen LogP contribution in [0.4, 0.5) is 0 Å². The van der Waals surface area contributed by atoms with Crippen LogP contribution in [0.25, 0.3) is 11.1 Å². The molecular formula is C20H22N4O. The van der Waals surface area contributed by atoms with Gasteiger partial charge in [0.25, 0.3) is 0 Å². The minimum absolute atomic E-state index is 0.196. The van der Waals surface area contributed by atoms with Crippen molar-refractivity contribution in [1.82, 2.24) is 14.9 Å². The van der Waals surface area contributed by atoms with Crippen LogP contribution in [-0.2, 0) is 0 Å². The highest BCUT2D eigenvalue weighted by Gasteiger charge is 2.31. The molecule has 128 valence electrons.